The lowest BCUT2D eigenvalue weighted by Crippen LogP contribution is -2.41. The van der Waals surface area contributed by atoms with Gasteiger partial charge in [-0.2, -0.15) is 26.3 Å². The number of amides is 2. The highest BCUT2D eigenvalue weighted by atomic mass is 32.2. The Balaban J connectivity index is 0.00000103. The molecule has 266 valence electrons. The molecule has 0 radical (unpaired) electrons. The van der Waals surface area contributed by atoms with E-state index < -0.39 is 64.1 Å². The molecule has 11 nitrogen and oxygen atoms in total. The van der Waals surface area contributed by atoms with E-state index in [9.17, 15) is 44.3 Å². The van der Waals surface area contributed by atoms with Crippen LogP contribution in [0.5, 0.6) is 0 Å². The predicted octanol–water partition coefficient (Wildman–Crippen LogP) is 4.85. The van der Waals surface area contributed by atoms with E-state index in [0.717, 1.165) is 42.5 Å². The number of carbonyl (C=O) groups excluding carboxylic acids is 2. The minimum atomic E-state index is -5.08. The molecule has 1 saturated carbocycles. The Morgan fingerprint density at radius 2 is 1.60 bits per heavy atom. The number of benzene rings is 2. The summed E-state index contributed by atoms with van der Waals surface area (Å²) in [6, 6.07) is 8.12. The average Bonchev–Trinajstić information content (AvgIpc) is 2.97. The maximum atomic E-state index is 13.4. The van der Waals surface area contributed by atoms with Gasteiger partial charge in [0.1, 0.15) is 6.04 Å². The minimum Gasteiger partial charge on any atom is -0.475 e. The number of alkyl halides is 6. The molecule has 0 bridgehead atoms. The van der Waals surface area contributed by atoms with Crippen molar-refractivity contribution in [3.8, 4) is 0 Å². The van der Waals surface area contributed by atoms with Crippen molar-refractivity contribution in [1.29, 1.82) is 0 Å². The molecular weight excluding hydrogens is 672 g/mol. The van der Waals surface area contributed by atoms with Gasteiger partial charge in [0.2, 0.25) is 21.8 Å². The largest absolute Gasteiger partial charge is 0.490 e. The Kier molecular flexibility index (Phi) is 14.0. The predicted molar refractivity (Wildman–Crippen MR) is 164 cm³/mol. The number of aliphatic carboxylic acids is 1. The number of anilines is 1. The van der Waals surface area contributed by atoms with E-state index >= 15 is 0 Å². The molecule has 5 N–H and O–H groups in total. The number of aryl methyl sites for hydroxylation is 1. The van der Waals surface area contributed by atoms with Gasteiger partial charge in [-0.05, 0) is 48.6 Å². The molecule has 1 atom stereocenters. The van der Waals surface area contributed by atoms with E-state index in [1.54, 1.807) is 13.0 Å². The average molecular weight is 710 g/mol. The maximum absolute atomic E-state index is 13.4. The zero-order valence-corrected chi connectivity index (χ0v) is 27.1. The van der Waals surface area contributed by atoms with Crippen LogP contribution in [0.2, 0.25) is 0 Å². The fourth-order valence-electron chi connectivity index (χ4n) is 4.79. The first kappa shape index (κ1) is 40.0. The molecule has 18 heteroatoms. The molecule has 0 aliphatic heterocycles. The summed E-state index contributed by atoms with van der Waals surface area (Å²) in [4.78, 5) is 39.1. The van der Waals surface area contributed by atoms with E-state index in [4.69, 9.17) is 15.6 Å². The van der Waals surface area contributed by atoms with Crippen LogP contribution in [0.25, 0.3) is 0 Å². The monoisotopic (exact) mass is 709 g/mol. The van der Waals surface area contributed by atoms with Gasteiger partial charge in [0.25, 0.3) is 0 Å². The van der Waals surface area contributed by atoms with Gasteiger partial charge in [0, 0.05) is 19.8 Å². The number of aliphatic imine (C=N–C) groups is 1. The van der Waals surface area contributed by atoms with Crippen molar-refractivity contribution in [2.45, 2.75) is 75.2 Å². The van der Waals surface area contributed by atoms with E-state index in [1.165, 1.54) is 44.4 Å². The van der Waals surface area contributed by atoms with E-state index in [2.05, 4.69) is 15.6 Å². The summed E-state index contributed by atoms with van der Waals surface area (Å²) in [5.41, 5.74) is 5.74. The zero-order valence-electron chi connectivity index (χ0n) is 26.3. The number of hydrogen-bond acceptors (Lipinski definition) is 6. The molecule has 1 aliphatic carbocycles. The number of halogens is 6. The zero-order chi connectivity index (χ0) is 36.4. The molecule has 0 aromatic heterocycles. The normalized spacial score (nSPS) is 15.2. The van der Waals surface area contributed by atoms with Gasteiger partial charge in [-0.1, -0.05) is 56.4 Å². The second-order valence-corrected chi connectivity index (χ2v) is 13.4. The summed E-state index contributed by atoms with van der Waals surface area (Å²) in [7, 11) is -0.941. The second kappa shape index (κ2) is 16.8. The van der Waals surface area contributed by atoms with Crippen molar-refractivity contribution in [1.82, 2.24) is 9.62 Å². The van der Waals surface area contributed by atoms with Gasteiger partial charge in [-0.25, -0.2) is 22.5 Å². The van der Waals surface area contributed by atoms with E-state index in [0.29, 0.717) is 12.0 Å². The minimum absolute atomic E-state index is 0.00153. The first-order valence-electron chi connectivity index (χ1n) is 14.5. The van der Waals surface area contributed by atoms with Gasteiger partial charge >= 0.3 is 18.3 Å². The summed E-state index contributed by atoms with van der Waals surface area (Å²) in [6.45, 7) is 1.72. The highest BCUT2D eigenvalue weighted by molar-refractivity contribution is 7.89. The molecule has 1 aliphatic rings. The lowest BCUT2D eigenvalue weighted by Gasteiger charge is -2.25. The maximum Gasteiger partial charge on any atom is 0.490 e. The van der Waals surface area contributed by atoms with Crippen molar-refractivity contribution in [2.24, 2.45) is 16.6 Å². The first-order valence-corrected chi connectivity index (χ1v) is 16.0. The Labute approximate surface area is 273 Å². The van der Waals surface area contributed by atoms with Crippen LogP contribution in [-0.4, -0.2) is 67.9 Å². The molecule has 0 spiro atoms. The number of hydrogen-bond donors (Lipinski definition) is 4. The Morgan fingerprint density at radius 3 is 2.15 bits per heavy atom. The summed E-state index contributed by atoms with van der Waals surface area (Å²) >= 11 is 0. The third-order valence-electron chi connectivity index (χ3n) is 7.31. The van der Waals surface area contributed by atoms with Crippen molar-refractivity contribution < 1.29 is 54.3 Å². The van der Waals surface area contributed by atoms with Crippen LogP contribution in [-0.2, 0) is 37.0 Å². The Bertz CT molecular complexity index is 1590. The standard InChI is InChI=1S/C28H36F3N5O4S.C2HF3O2/c1-18-13-14-21(41(39,40)36(2)3)17-23(18)33-26(38)24(15-19-9-5-4-6-10-19)34-27(32)35-25(37)16-20-11-7-8-12-22(20)28(29,30)31;3-2(4,5)1(6)7/h7-8,11-14,17,19,24H,4-6,9-10,15-16H2,1-3H3,(H,33,38)(H3,32,34,35,37);(H,6,7)/t24-;/m1./s1. The molecular formula is C30H37F6N5O6S. The van der Waals surface area contributed by atoms with Gasteiger partial charge in [-0.3, -0.25) is 14.9 Å². The molecule has 48 heavy (non-hydrogen) atoms. The van der Waals surface area contributed by atoms with Crippen LogP contribution in [0.3, 0.4) is 0 Å². The van der Waals surface area contributed by atoms with Crippen LogP contribution in [0.15, 0.2) is 52.4 Å². The number of carboxylic acids is 1. The van der Waals surface area contributed by atoms with Crippen LogP contribution in [0, 0.1) is 12.8 Å². The highest BCUT2D eigenvalue weighted by Crippen LogP contribution is 2.32. The number of nitrogens with zero attached hydrogens (tertiary/aromatic N) is 2. The summed E-state index contributed by atoms with van der Waals surface area (Å²) in [5.74, 6) is -4.31. The first-order chi connectivity index (χ1) is 22.1. The van der Waals surface area contributed by atoms with Crippen molar-refractivity contribution in [2.75, 3.05) is 19.4 Å². The number of rotatable bonds is 9. The molecule has 0 saturated heterocycles. The van der Waals surface area contributed by atoms with Crippen LogP contribution in [0.1, 0.15) is 55.2 Å². The third kappa shape index (κ3) is 12.1. The number of sulfonamides is 1. The molecule has 2 aromatic carbocycles. The SMILES string of the molecule is Cc1ccc(S(=O)(=O)N(C)C)cc1NC(=O)[C@@H](CC1CCCCC1)N=C(N)NC(=O)Cc1ccccc1C(F)(F)F.O=C(O)C(F)(F)F. The summed E-state index contributed by atoms with van der Waals surface area (Å²) in [6.07, 6.45) is -5.04. The summed E-state index contributed by atoms with van der Waals surface area (Å²) in [5, 5.41) is 12.2. The molecule has 2 amide bonds. The van der Waals surface area contributed by atoms with Crippen LogP contribution >= 0.6 is 0 Å². The molecule has 0 unspecified atom stereocenters. The van der Waals surface area contributed by atoms with Gasteiger partial charge in [0.05, 0.1) is 16.9 Å². The molecule has 1 fully saturated rings. The Hall–Kier alpha value is -4.19. The molecule has 3 rings (SSSR count). The van der Waals surface area contributed by atoms with Crippen molar-refractivity contribution >= 4 is 39.5 Å². The summed E-state index contributed by atoms with van der Waals surface area (Å²) < 4.78 is 98.0. The molecule has 0 heterocycles. The van der Waals surface area contributed by atoms with E-state index in [-0.39, 0.29) is 22.1 Å². The fourth-order valence-corrected chi connectivity index (χ4v) is 5.72. The second-order valence-electron chi connectivity index (χ2n) is 11.2. The van der Waals surface area contributed by atoms with Crippen molar-refractivity contribution in [3.63, 3.8) is 0 Å². The molecule has 2 aromatic rings. The van der Waals surface area contributed by atoms with Crippen molar-refractivity contribution in [3.05, 3.63) is 59.2 Å². The quantitative estimate of drug-likeness (QED) is 0.164. The number of nitrogens with two attached hydrogens (primary N) is 1. The number of nitrogens with one attached hydrogen (secondary N) is 2. The lowest BCUT2D eigenvalue weighted by molar-refractivity contribution is -0.192. The number of carbonyl (C=O) groups is 3. The van der Waals surface area contributed by atoms with Crippen LogP contribution < -0.4 is 16.4 Å². The van der Waals surface area contributed by atoms with Crippen LogP contribution in [0.4, 0.5) is 32.0 Å². The fraction of sp³-hybridized carbons (Fsp3) is 0.467. The van der Waals surface area contributed by atoms with E-state index in [1.807, 2.05) is 0 Å². The topological polar surface area (TPSA) is 171 Å². The van der Waals surface area contributed by atoms with Gasteiger partial charge in [-0.15, -0.1) is 0 Å². The Morgan fingerprint density at radius 1 is 1.02 bits per heavy atom. The third-order valence-corrected chi connectivity index (χ3v) is 9.12. The lowest BCUT2D eigenvalue weighted by atomic mass is 9.84. The number of guanidine groups is 1. The smallest absolute Gasteiger partial charge is 0.475 e. The van der Waals surface area contributed by atoms with Gasteiger partial charge < -0.3 is 16.2 Å². The highest BCUT2D eigenvalue weighted by Gasteiger charge is 2.38. The van der Waals surface area contributed by atoms with Gasteiger partial charge in [0.15, 0.2) is 5.96 Å². The number of carboxylic acid groups (broad SMARTS) is 1.